The van der Waals surface area contributed by atoms with Gasteiger partial charge in [-0.3, -0.25) is 4.79 Å². The van der Waals surface area contributed by atoms with Crippen LogP contribution in [0.2, 0.25) is 0 Å². The van der Waals surface area contributed by atoms with Gasteiger partial charge in [0.25, 0.3) is 0 Å². The van der Waals surface area contributed by atoms with Gasteiger partial charge in [-0.1, -0.05) is 0 Å². The Morgan fingerprint density at radius 2 is 1.89 bits per heavy atom. The predicted octanol–water partition coefficient (Wildman–Crippen LogP) is 0.868. The van der Waals surface area contributed by atoms with Gasteiger partial charge in [-0.05, 0) is 25.7 Å². The van der Waals surface area contributed by atoms with Crippen molar-refractivity contribution in [1.82, 2.24) is 9.80 Å². The molecule has 2 fully saturated rings. The van der Waals surface area contributed by atoms with Crippen LogP contribution >= 0.6 is 0 Å². The van der Waals surface area contributed by atoms with Crippen LogP contribution in [0.3, 0.4) is 0 Å². The Kier molecular flexibility index (Phi) is 3.99. The second kappa shape index (κ2) is 5.36. The van der Waals surface area contributed by atoms with Gasteiger partial charge in [-0.25, -0.2) is 4.79 Å². The van der Waals surface area contributed by atoms with Crippen molar-refractivity contribution in [2.24, 2.45) is 11.8 Å². The molecule has 2 amide bonds. The van der Waals surface area contributed by atoms with Crippen molar-refractivity contribution in [2.75, 3.05) is 27.3 Å². The molecular weight excluding hydrogens is 248 g/mol. The van der Waals surface area contributed by atoms with Crippen LogP contribution < -0.4 is 0 Å². The van der Waals surface area contributed by atoms with E-state index in [1.807, 2.05) is 6.92 Å². The molecule has 0 bridgehead atoms. The summed E-state index contributed by atoms with van der Waals surface area (Å²) < 4.78 is 5.21. The molecule has 1 heterocycles. The second-order valence-electron chi connectivity index (χ2n) is 5.63. The number of carbonyl (C=O) groups is 2. The van der Waals surface area contributed by atoms with E-state index in [0.717, 1.165) is 0 Å². The van der Waals surface area contributed by atoms with Crippen molar-refractivity contribution >= 4 is 12.0 Å². The molecule has 2 aliphatic rings. The van der Waals surface area contributed by atoms with Gasteiger partial charge in [0, 0.05) is 20.1 Å². The predicted molar refractivity (Wildman–Crippen MR) is 68.8 cm³/mol. The van der Waals surface area contributed by atoms with E-state index in [4.69, 9.17) is 9.84 Å². The van der Waals surface area contributed by atoms with Crippen molar-refractivity contribution in [1.29, 1.82) is 0 Å². The molecule has 0 aromatic carbocycles. The molecule has 1 saturated heterocycles. The summed E-state index contributed by atoms with van der Waals surface area (Å²) in [7, 11) is 3.45. The molecule has 108 valence electrons. The summed E-state index contributed by atoms with van der Waals surface area (Å²) in [5.41, 5.74) is 0. The zero-order valence-electron chi connectivity index (χ0n) is 11.7. The maximum Gasteiger partial charge on any atom is 0.320 e. The molecule has 0 spiro atoms. The summed E-state index contributed by atoms with van der Waals surface area (Å²) in [5.74, 6) is -0.934. The quantitative estimate of drug-likeness (QED) is 0.823. The molecule has 6 nitrogen and oxygen atoms in total. The smallest absolute Gasteiger partial charge is 0.320 e. The SMILES string of the molecule is CC(C1CC1)N(C)C(=O)N(C)C1COCC1C(=O)O. The Hall–Kier alpha value is -1.30. The van der Waals surface area contributed by atoms with Gasteiger partial charge in [0.15, 0.2) is 0 Å². The van der Waals surface area contributed by atoms with Crippen LogP contribution in [0.4, 0.5) is 4.79 Å². The third-order valence-electron chi connectivity index (χ3n) is 4.38. The van der Waals surface area contributed by atoms with Gasteiger partial charge in [-0.2, -0.15) is 0 Å². The average molecular weight is 270 g/mol. The summed E-state index contributed by atoms with van der Waals surface area (Å²) in [6, 6.07) is -0.291. The van der Waals surface area contributed by atoms with E-state index in [1.165, 1.54) is 17.7 Å². The minimum Gasteiger partial charge on any atom is -0.481 e. The van der Waals surface area contributed by atoms with E-state index in [-0.39, 0.29) is 24.7 Å². The number of likely N-dealkylation sites (N-methyl/N-ethyl adjacent to an activating group) is 1. The summed E-state index contributed by atoms with van der Waals surface area (Å²) in [5, 5.41) is 9.13. The van der Waals surface area contributed by atoms with Crippen LogP contribution in [-0.4, -0.2) is 66.3 Å². The minimum atomic E-state index is -0.903. The first-order valence-corrected chi connectivity index (χ1v) is 6.73. The molecule has 6 heteroatoms. The van der Waals surface area contributed by atoms with Crippen molar-refractivity contribution in [2.45, 2.75) is 31.8 Å². The molecule has 19 heavy (non-hydrogen) atoms. The normalized spacial score (nSPS) is 27.9. The Morgan fingerprint density at radius 1 is 1.26 bits per heavy atom. The fourth-order valence-corrected chi connectivity index (χ4v) is 2.62. The number of hydrogen-bond acceptors (Lipinski definition) is 3. The van der Waals surface area contributed by atoms with Gasteiger partial charge in [-0.15, -0.1) is 0 Å². The van der Waals surface area contributed by atoms with Gasteiger partial charge >= 0.3 is 12.0 Å². The fraction of sp³-hybridized carbons (Fsp3) is 0.846. The molecule has 3 atom stereocenters. The van der Waals surface area contributed by atoms with Gasteiger partial charge in [0.2, 0.25) is 0 Å². The highest BCUT2D eigenvalue weighted by molar-refractivity contribution is 5.77. The summed E-state index contributed by atoms with van der Waals surface area (Å²) in [4.78, 5) is 26.7. The first-order valence-electron chi connectivity index (χ1n) is 6.73. The van der Waals surface area contributed by atoms with Crippen LogP contribution in [-0.2, 0) is 9.53 Å². The Morgan fingerprint density at radius 3 is 2.42 bits per heavy atom. The number of hydrogen-bond donors (Lipinski definition) is 1. The number of carboxylic acids is 1. The van der Waals surface area contributed by atoms with Crippen LogP contribution in [0.1, 0.15) is 19.8 Å². The molecular formula is C13H22N2O4. The molecule has 1 aliphatic heterocycles. The summed E-state index contributed by atoms with van der Waals surface area (Å²) >= 11 is 0. The van der Waals surface area contributed by atoms with E-state index in [9.17, 15) is 9.59 Å². The van der Waals surface area contributed by atoms with E-state index < -0.39 is 11.9 Å². The van der Waals surface area contributed by atoms with Crippen LogP contribution in [0.25, 0.3) is 0 Å². The van der Waals surface area contributed by atoms with Gasteiger partial charge in [0.1, 0.15) is 5.92 Å². The average Bonchev–Trinajstić information content (AvgIpc) is 3.11. The number of amides is 2. The Labute approximate surface area is 113 Å². The zero-order valence-corrected chi connectivity index (χ0v) is 11.7. The van der Waals surface area contributed by atoms with E-state index >= 15 is 0 Å². The third-order valence-corrected chi connectivity index (χ3v) is 4.38. The lowest BCUT2D eigenvalue weighted by Crippen LogP contribution is -2.51. The minimum absolute atomic E-state index is 0.124. The van der Waals surface area contributed by atoms with E-state index in [2.05, 4.69) is 0 Å². The Balaban J connectivity index is 1.99. The molecule has 2 rings (SSSR count). The monoisotopic (exact) mass is 270 g/mol. The zero-order chi connectivity index (χ0) is 14.2. The topological polar surface area (TPSA) is 70.1 Å². The highest BCUT2D eigenvalue weighted by atomic mass is 16.5. The number of carboxylic acid groups (broad SMARTS) is 1. The molecule has 1 N–H and O–H groups in total. The van der Waals surface area contributed by atoms with Gasteiger partial charge < -0.3 is 19.6 Å². The van der Waals surface area contributed by atoms with E-state index in [1.54, 1.807) is 19.0 Å². The maximum atomic E-state index is 12.4. The largest absolute Gasteiger partial charge is 0.481 e. The molecule has 0 aromatic rings. The van der Waals surface area contributed by atoms with Crippen molar-refractivity contribution < 1.29 is 19.4 Å². The molecule has 0 aromatic heterocycles. The maximum absolute atomic E-state index is 12.4. The lowest BCUT2D eigenvalue weighted by atomic mass is 10.0. The lowest BCUT2D eigenvalue weighted by Gasteiger charge is -2.33. The van der Waals surface area contributed by atoms with Crippen LogP contribution in [0.15, 0.2) is 0 Å². The molecule has 3 unspecified atom stereocenters. The van der Waals surface area contributed by atoms with Crippen molar-refractivity contribution in [3.8, 4) is 0 Å². The summed E-state index contributed by atoms with van der Waals surface area (Å²) in [6.45, 7) is 2.52. The third kappa shape index (κ3) is 2.83. The van der Waals surface area contributed by atoms with Crippen molar-refractivity contribution in [3.05, 3.63) is 0 Å². The van der Waals surface area contributed by atoms with Crippen molar-refractivity contribution in [3.63, 3.8) is 0 Å². The lowest BCUT2D eigenvalue weighted by molar-refractivity contribution is -0.142. The number of urea groups is 1. The second-order valence-corrected chi connectivity index (χ2v) is 5.63. The number of rotatable bonds is 4. The first-order chi connectivity index (χ1) is 8.93. The first kappa shape index (κ1) is 14.1. The summed E-state index contributed by atoms with van der Waals surface area (Å²) in [6.07, 6.45) is 2.35. The number of carbonyl (C=O) groups excluding carboxylic acids is 1. The highest BCUT2D eigenvalue weighted by Gasteiger charge is 2.41. The van der Waals surface area contributed by atoms with E-state index in [0.29, 0.717) is 12.5 Å². The molecule has 1 saturated carbocycles. The highest BCUT2D eigenvalue weighted by Crippen LogP contribution is 2.35. The standard InChI is InChI=1S/C13H22N2O4/c1-8(9-4-5-9)14(2)13(18)15(3)11-7-19-6-10(11)12(16)17/h8-11H,4-7H2,1-3H3,(H,16,17). The fourth-order valence-electron chi connectivity index (χ4n) is 2.62. The molecule has 0 radical (unpaired) electrons. The number of nitrogens with zero attached hydrogens (tertiary/aromatic N) is 2. The number of ether oxygens (including phenoxy) is 1. The van der Waals surface area contributed by atoms with Crippen LogP contribution in [0.5, 0.6) is 0 Å². The molecule has 1 aliphatic carbocycles. The van der Waals surface area contributed by atoms with Gasteiger partial charge in [0.05, 0.1) is 19.3 Å². The number of aliphatic carboxylic acids is 1. The Bertz CT molecular complexity index is 370. The van der Waals surface area contributed by atoms with Crippen LogP contribution in [0, 0.1) is 11.8 Å².